The van der Waals surface area contributed by atoms with Crippen molar-refractivity contribution in [1.29, 1.82) is 0 Å². The summed E-state index contributed by atoms with van der Waals surface area (Å²) < 4.78 is 7.78. The van der Waals surface area contributed by atoms with E-state index in [0.717, 1.165) is 21.3 Å². The van der Waals surface area contributed by atoms with Crippen molar-refractivity contribution < 1.29 is 9.53 Å². The van der Waals surface area contributed by atoms with Gasteiger partial charge in [0.05, 0.1) is 17.2 Å². The minimum atomic E-state index is -0.563. The molecular formula is C15H16BrN5O2. The summed E-state index contributed by atoms with van der Waals surface area (Å²) in [7, 11) is 0. The minimum absolute atomic E-state index is 0.179. The van der Waals surface area contributed by atoms with Gasteiger partial charge in [-0.05, 0) is 39.0 Å². The molecule has 0 spiro atoms. The fraction of sp³-hybridized carbons (Fsp3) is 0.333. The van der Waals surface area contributed by atoms with E-state index in [1.54, 1.807) is 10.9 Å². The molecule has 23 heavy (non-hydrogen) atoms. The van der Waals surface area contributed by atoms with Crippen molar-refractivity contribution in [3.05, 3.63) is 40.4 Å². The molecule has 120 valence electrons. The van der Waals surface area contributed by atoms with Crippen molar-refractivity contribution in [3.63, 3.8) is 0 Å². The van der Waals surface area contributed by atoms with Crippen LogP contribution in [0.4, 0.5) is 0 Å². The molecule has 0 aliphatic rings. The molecule has 8 heteroatoms. The molecule has 0 saturated heterocycles. The van der Waals surface area contributed by atoms with E-state index in [-0.39, 0.29) is 5.69 Å². The quantitative estimate of drug-likeness (QED) is 0.709. The van der Waals surface area contributed by atoms with Gasteiger partial charge in [-0.15, -0.1) is 5.10 Å². The predicted octanol–water partition coefficient (Wildman–Crippen LogP) is 2.92. The van der Waals surface area contributed by atoms with E-state index in [0.29, 0.717) is 6.54 Å². The lowest BCUT2D eigenvalue weighted by Crippen LogP contribution is -2.24. The molecule has 3 rings (SSSR count). The predicted molar refractivity (Wildman–Crippen MR) is 88.1 cm³/mol. The second-order valence-electron chi connectivity index (χ2n) is 6.15. The molecule has 0 saturated carbocycles. The van der Waals surface area contributed by atoms with Crippen molar-refractivity contribution in [1.82, 2.24) is 25.0 Å². The van der Waals surface area contributed by atoms with E-state index in [9.17, 15) is 4.79 Å². The zero-order chi connectivity index (χ0) is 16.6. The Labute approximate surface area is 141 Å². The van der Waals surface area contributed by atoms with Crippen molar-refractivity contribution in [2.45, 2.75) is 32.9 Å². The van der Waals surface area contributed by atoms with Crippen molar-refractivity contribution >= 4 is 32.9 Å². The van der Waals surface area contributed by atoms with E-state index in [2.05, 4.69) is 36.2 Å². The maximum Gasteiger partial charge on any atom is 0.361 e. The van der Waals surface area contributed by atoms with Crippen LogP contribution in [0.1, 0.15) is 37.1 Å². The number of rotatable bonds is 3. The number of halogens is 1. The standard InChI is InChI=1S/C15H16BrN5O2/c1-15(2,3)23-14(22)12-7-21(20-19-12)8-13-17-10-5-4-9(16)6-11(10)18-13/h4-7H,8H2,1-3H3,(H,17,18). The van der Waals surface area contributed by atoms with Gasteiger partial charge in [-0.3, -0.25) is 0 Å². The van der Waals surface area contributed by atoms with Crippen LogP contribution in [-0.2, 0) is 11.3 Å². The lowest BCUT2D eigenvalue weighted by Gasteiger charge is -2.18. The number of fused-ring (bicyclic) bond motifs is 1. The number of imidazole rings is 1. The van der Waals surface area contributed by atoms with Crippen LogP contribution < -0.4 is 0 Å². The topological polar surface area (TPSA) is 85.7 Å². The first-order valence-electron chi connectivity index (χ1n) is 7.08. The number of hydrogen-bond acceptors (Lipinski definition) is 5. The first-order valence-corrected chi connectivity index (χ1v) is 7.87. The zero-order valence-electron chi connectivity index (χ0n) is 13.0. The molecule has 0 aliphatic heterocycles. The highest BCUT2D eigenvalue weighted by Crippen LogP contribution is 2.18. The number of benzene rings is 1. The maximum atomic E-state index is 11.9. The van der Waals surface area contributed by atoms with E-state index in [1.807, 2.05) is 39.0 Å². The molecule has 0 bridgehead atoms. The van der Waals surface area contributed by atoms with Crippen LogP contribution in [0.2, 0.25) is 0 Å². The smallest absolute Gasteiger partial charge is 0.361 e. The summed E-state index contributed by atoms with van der Waals surface area (Å²) in [6.45, 7) is 5.81. The average Bonchev–Trinajstić information content (AvgIpc) is 3.03. The third kappa shape index (κ3) is 3.76. The first-order chi connectivity index (χ1) is 10.8. The second-order valence-corrected chi connectivity index (χ2v) is 7.06. The number of nitrogens with zero attached hydrogens (tertiary/aromatic N) is 4. The maximum absolute atomic E-state index is 11.9. The molecule has 0 amide bonds. The van der Waals surface area contributed by atoms with E-state index in [4.69, 9.17) is 4.74 Å². The Morgan fingerprint density at radius 1 is 1.39 bits per heavy atom. The van der Waals surface area contributed by atoms with Crippen molar-refractivity contribution in [3.8, 4) is 0 Å². The number of aromatic nitrogens is 5. The SMILES string of the molecule is CC(C)(C)OC(=O)c1cn(Cc2nc3cc(Br)ccc3[nH]2)nn1. The number of nitrogens with one attached hydrogen (secondary N) is 1. The number of carbonyl (C=O) groups excluding carboxylic acids is 1. The Morgan fingerprint density at radius 3 is 2.91 bits per heavy atom. The summed E-state index contributed by atoms with van der Waals surface area (Å²) in [6, 6.07) is 5.83. The third-order valence-electron chi connectivity index (χ3n) is 2.95. The lowest BCUT2D eigenvalue weighted by molar-refractivity contribution is 0.00627. The Bertz CT molecular complexity index is 862. The summed E-state index contributed by atoms with van der Waals surface area (Å²) >= 11 is 3.42. The number of hydrogen-bond donors (Lipinski definition) is 1. The fourth-order valence-corrected chi connectivity index (χ4v) is 2.41. The molecule has 2 heterocycles. The largest absolute Gasteiger partial charge is 0.455 e. The zero-order valence-corrected chi connectivity index (χ0v) is 14.6. The molecule has 1 N–H and O–H groups in total. The van der Waals surface area contributed by atoms with Crippen molar-refractivity contribution in [2.24, 2.45) is 0 Å². The third-order valence-corrected chi connectivity index (χ3v) is 3.45. The molecule has 1 aromatic carbocycles. The molecule has 0 radical (unpaired) electrons. The van der Waals surface area contributed by atoms with E-state index >= 15 is 0 Å². The van der Waals surface area contributed by atoms with Crippen LogP contribution in [0.5, 0.6) is 0 Å². The number of aromatic amines is 1. The monoisotopic (exact) mass is 377 g/mol. The summed E-state index contributed by atoms with van der Waals surface area (Å²) in [5.74, 6) is 0.246. The molecular weight excluding hydrogens is 362 g/mol. The first kappa shape index (κ1) is 15.7. The van der Waals surface area contributed by atoms with Gasteiger partial charge in [0, 0.05) is 4.47 Å². The van der Waals surface area contributed by atoms with Crippen LogP contribution in [0.25, 0.3) is 11.0 Å². The average molecular weight is 378 g/mol. The molecule has 0 unspecified atom stereocenters. The normalized spacial score (nSPS) is 11.8. The Morgan fingerprint density at radius 2 is 2.17 bits per heavy atom. The molecule has 0 aliphatic carbocycles. The molecule has 0 atom stereocenters. The summed E-state index contributed by atoms with van der Waals surface area (Å²) in [5.41, 5.74) is 1.42. The molecule has 0 fully saturated rings. The van der Waals surface area contributed by atoms with Crippen LogP contribution in [-0.4, -0.2) is 36.5 Å². The van der Waals surface area contributed by atoms with Gasteiger partial charge in [0.25, 0.3) is 0 Å². The van der Waals surface area contributed by atoms with Gasteiger partial charge in [-0.1, -0.05) is 21.1 Å². The van der Waals surface area contributed by atoms with Gasteiger partial charge in [0.15, 0.2) is 5.69 Å². The van der Waals surface area contributed by atoms with Crippen LogP contribution in [0, 0.1) is 0 Å². The minimum Gasteiger partial charge on any atom is -0.455 e. The number of ether oxygens (including phenoxy) is 1. The van der Waals surface area contributed by atoms with Crippen LogP contribution in [0.15, 0.2) is 28.9 Å². The summed E-state index contributed by atoms with van der Waals surface area (Å²) in [5, 5.41) is 7.80. The molecule has 2 aromatic heterocycles. The van der Waals surface area contributed by atoms with Gasteiger partial charge in [-0.2, -0.15) is 0 Å². The Hall–Kier alpha value is -2.22. The van der Waals surface area contributed by atoms with E-state index < -0.39 is 11.6 Å². The Balaban J connectivity index is 1.76. The van der Waals surface area contributed by atoms with E-state index in [1.165, 1.54) is 0 Å². The summed E-state index contributed by atoms with van der Waals surface area (Å²) in [6.07, 6.45) is 1.55. The summed E-state index contributed by atoms with van der Waals surface area (Å²) in [4.78, 5) is 19.6. The number of H-pyrrole nitrogens is 1. The van der Waals surface area contributed by atoms with Gasteiger partial charge in [0.2, 0.25) is 0 Å². The van der Waals surface area contributed by atoms with Gasteiger partial charge < -0.3 is 9.72 Å². The Kier molecular flexibility index (Phi) is 3.93. The fourth-order valence-electron chi connectivity index (χ4n) is 2.06. The van der Waals surface area contributed by atoms with Gasteiger partial charge in [-0.25, -0.2) is 14.5 Å². The van der Waals surface area contributed by atoms with Crippen LogP contribution in [0.3, 0.4) is 0 Å². The number of esters is 1. The highest BCUT2D eigenvalue weighted by molar-refractivity contribution is 9.10. The highest BCUT2D eigenvalue weighted by atomic mass is 79.9. The van der Waals surface area contributed by atoms with Gasteiger partial charge in [0.1, 0.15) is 18.0 Å². The molecule has 3 aromatic rings. The van der Waals surface area contributed by atoms with Crippen molar-refractivity contribution in [2.75, 3.05) is 0 Å². The lowest BCUT2D eigenvalue weighted by atomic mass is 10.2. The second kappa shape index (κ2) is 5.77. The van der Waals surface area contributed by atoms with Gasteiger partial charge >= 0.3 is 5.97 Å². The van der Waals surface area contributed by atoms with Crippen LogP contribution >= 0.6 is 15.9 Å². The highest BCUT2D eigenvalue weighted by Gasteiger charge is 2.20. The number of carbonyl (C=O) groups is 1. The molecule has 7 nitrogen and oxygen atoms in total.